The molecule has 0 unspecified atom stereocenters. The fourth-order valence-electron chi connectivity index (χ4n) is 1.65. The largest absolute Gasteiger partial charge is 0.468 e. The van der Waals surface area contributed by atoms with Gasteiger partial charge in [-0.05, 0) is 5.92 Å². The molecule has 0 aliphatic heterocycles. The van der Waals surface area contributed by atoms with Crippen LogP contribution in [-0.2, 0) is 16.1 Å². The lowest BCUT2D eigenvalue weighted by Gasteiger charge is -2.20. The monoisotopic (exact) mass is 294 g/mol. The lowest BCUT2D eigenvalue weighted by atomic mass is 10.0. The molecule has 8 heteroatoms. The van der Waals surface area contributed by atoms with E-state index in [4.69, 9.17) is 10.5 Å². The Kier molecular flexibility index (Phi) is 6.04. The zero-order chi connectivity index (χ0) is 16.0. The Morgan fingerprint density at radius 1 is 1.48 bits per heavy atom. The van der Waals surface area contributed by atoms with Gasteiger partial charge in [-0.15, -0.1) is 6.58 Å². The zero-order valence-electron chi connectivity index (χ0n) is 12.8. The van der Waals surface area contributed by atoms with Crippen LogP contribution >= 0.6 is 0 Å². The summed E-state index contributed by atoms with van der Waals surface area (Å²) in [5.74, 6) is 0.598. The van der Waals surface area contributed by atoms with Gasteiger partial charge in [-0.25, -0.2) is 0 Å². The molecular weight excluding hydrogens is 272 g/mol. The number of aromatic nitrogens is 3. The second kappa shape index (κ2) is 7.53. The Morgan fingerprint density at radius 3 is 2.67 bits per heavy atom. The number of carbonyl (C=O) groups is 1. The first kappa shape index (κ1) is 16.8. The van der Waals surface area contributed by atoms with E-state index in [-0.39, 0.29) is 24.4 Å². The minimum Gasteiger partial charge on any atom is -0.468 e. The first-order chi connectivity index (χ1) is 9.88. The van der Waals surface area contributed by atoms with Crippen molar-refractivity contribution in [2.75, 3.05) is 31.8 Å². The highest BCUT2D eigenvalue weighted by Gasteiger charge is 2.23. The van der Waals surface area contributed by atoms with Crippen LogP contribution in [0.5, 0.6) is 0 Å². The van der Waals surface area contributed by atoms with Gasteiger partial charge < -0.3 is 15.4 Å². The highest BCUT2D eigenvalue weighted by molar-refractivity contribution is 5.76. The van der Waals surface area contributed by atoms with Crippen molar-refractivity contribution >= 4 is 17.9 Å². The fraction of sp³-hybridized carbons (Fsp3) is 0.538. The van der Waals surface area contributed by atoms with Crippen molar-refractivity contribution in [3.8, 4) is 0 Å². The second-order valence-corrected chi connectivity index (χ2v) is 4.78. The number of nitrogens with two attached hydrogens (primary N) is 1. The zero-order valence-corrected chi connectivity index (χ0v) is 12.8. The van der Waals surface area contributed by atoms with Crippen LogP contribution in [0.25, 0.3) is 0 Å². The fourth-order valence-corrected chi connectivity index (χ4v) is 1.65. The Bertz CT molecular complexity index is 505. The molecule has 1 rings (SSSR count). The SMILES string of the molecule is C=C[C@@H](C)[C@@H](NCc1nc(N)nc(N(C)C)n1)C(=O)OC. The first-order valence-electron chi connectivity index (χ1n) is 6.50. The van der Waals surface area contributed by atoms with Gasteiger partial charge in [-0.2, -0.15) is 15.0 Å². The Hall–Kier alpha value is -2.22. The molecule has 21 heavy (non-hydrogen) atoms. The van der Waals surface area contributed by atoms with Gasteiger partial charge in [0.05, 0.1) is 13.7 Å². The lowest BCUT2D eigenvalue weighted by molar-refractivity contribution is -0.144. The molecule has 0 aliphatic rings. The van der Waals surface area contributed by atoms with Gasteiger partial charge in [0, 0.05) is 14.1 Å². The normalized spacial score (nSPS) is 13.3. The Balaban J connectivity index is 2.84. The number of hydrogen-bond acceptors (Lipinski definition) is 8. The van der Waals surface area contributed by atoms with E-state index in [9.17, 15) is 4.79 Å². The molecule has 116 valence electrons. The quantitative estimate of drug-likeness (QED) is 0.533. The number of carbonyl (C=O) groups excluding carboxylic acids is 1. The van der Waals surface area contributed by atoms with E-state index < -0.39 is 6.04 Å². The predicted octanol–water partition coefficient (Wildman–Crippen LogP) is -0.0269. The minimum absolute atomic E-state index is 0.0926. The smallest absolute Gasteiger partial charge is 0.323 e. The number of hydrogen-bond donors (Lipinski definition) is 2. The van der Waals surface area contributed by atoms with Crippen molar-refractivity contribution < 1.29 is 9.53 Å². The molecule has 3 N–H and O–H groups in total. The van der Waals surface area contributed by atoms with E-state index in [2.05, 4.69) is 26.8 Å². The number of anilines is 2. The molecule has 1 aromatic rings. The number of nitrogens with one attached hydrogen (secondary N) is 1. The summed E-state index contributed by atoms with van der Waals surface area (Å²) in [5, 5.41) is 3.06. The van der Waals surface area contributed by atoms with Gasteiger partial charge in [-0.1, -0.05) is 13.0 Å². The molecule has 0 saturated heterocycles. The van der Waals surface area contributed by atoms with Gasteiger partial charge >= 0.3 is 5.97 Å². The lowest BCUT2D eigenvalue weighted by Crippen LogP contribution is -2.42. The van der Waals surface area contributed by atoms with Gasteiger partial charge in [-0.3, -0.25) is 10.1 Å². The molecule has 0 spiro atoms. The molecule has 0 fully saturated rings. The van der Waals surface area contributed by atoms with Crippen LogP contribution in [0.1, 0.15) is 12.7 Å². The summed E-state index contributed by atoms with van der Waals surface area (Å²) in [4.78, 5) is 25.8. The number of methoxy groups -OCH3 is 1. The van der Waals surface area contributed by atoms with E-state index in [1.807, 2.05) is 21.0 Å². The number of ether oxygens (including phenoxy) is 1. The molecule has 0 saturated carbocycles. The third kappa shape index (κ3) is 4.67. The summed E-state index contributed by atoms with van der Waals surface area (Å²) in [6, 6.07) is -0.520. The maximum atomic E-state index is 11.8. The van der Waals surface area contributed by atoms with Crippen LogP contribution in [-0.4, -0.2) is 48.2 Å². The Morgan fingerprint density at radius 2 is 2.14 bits per heavy atom. The highest BCUT2D eigenvalue weighted by atomic mass is 16.5. The molecule has 0 bridgehead atoms. The average molecular weight is 294 g/mol. The van der Waals surface area contributed by atoms with E-state index in [0.29, 0.717) is 11.8 Å². The van der Waals surface area contributed by atoms with Crippen LogP contribution in [0.3, 0.4) is 0 Å². The van der Waals surface area contributed by atoms with Crippen molar-refractivity contribution in [1.29, 1.82) is 0 Å². The topological polar surface area (TPSA) is 106 Å². The van der Waals surface area contributed by atoms with E-state index >= 15 is 0 Å². The van der Waals surface area contributed by atoms with Crippen LogP contribution in [0.4, 0.5) is 11.9 Å². The first-order valence-corrected chi connectivity index (χ1v) is 6.50. The molecule has 8 nitrogen and oxygen atoms in total. The van der Waals surface area contributed by atoms with Crippen LogP contribution in [0.2, 0.25) is 0 Å². The summed E-state index contributed by atoms with van der Waals surface area (Å²) < 4.78 is 4.77. The van der Waals surface area contributed by atoms with Crippen LogP contribution in [0.15, 0.2) is 12.7 Å². The van der Waals surface area contributed by atoms with Gasteiger partial charge in [0.15, 0.2) is 0 Å². The second-order valence-electron chi connectivity index (χ2n) is 4.78. The van der Waals surface area contributed by atoms with Crippen molar-refractivity contribution in [1.82, 2.24) is 20.3 Å². The molecule has 1 aromatic heterocycles. The summed E-state index contributed by atoms with van der Waals surface area (Å²) in [7, 11) is 4.96. The van der Waals surface area contributed by atoms with E-state index in [1.54, 1.807) is 11.0 Å². The predicted molar refractivity (Wildman–Crippen MR) is 80.6 cm³/mol. The molecule has 0 radical (unpaired) electrons. The standard InChI is InChI=1S/C13H22N6O2/c1-6-8(2)10(11(20)21-5)15-7-9-16-12(14)18-13(17-9)19(3)4/h6,8,10,15H,1,7H2,2-5H3,(H2,14,16,17,18)/t8-,10-/m1/s1. The summed E-state index contributed by atoms with van der Waals surface area (Å²) in [5.41, 5.74) is 5.65. The molecule has 0 aliphatic carbocycles. The maximum absolute atomic E-state index is 11.8. The van der Waals surface area contributed by atoms with Gasteiger partial charge in [0.2, 0.25) is 11.9 Å². The molecule has 0 amide bonds. The van der Waals surface area contributed by atoms with Crippen molar-refractivity contribution in [3.05, 3.63) is 18.5 Å². The summed E-state index contributed by atoms with van der Waals surface area (Å²) in [6.45, 7) is 5.83. The average Bonchev–Trinajstić information content (AvgIpc) is 2.46. The number of nitrogens with zero attached hydrogens (tertiary/aromatic N) is 4. The number of rotatable bonds is 7. The Labute approximate surface area is 124 Å². The molecule has 0 aromatic carbocycles. The molecular formula is C13H22N6O2. The van der Waals surface area contributed by atoms with E-state index in [1.165, 1.54) is 7.11 Å². The van der Waals surface area contributed by atoms with Crippen LogP contribution < -0.4 is 16.0 Å². The van der Waals surface area contributed by atoms with Crippen LogP contribution in [0, 0.1) is 5.92 Å². The summed E-state index contributed by atoms with van der Waals surface area (Å²) >= 11 is 0. The number of nitrogen functional groups attached to an aromatic ring is 1. The maximum Gasteiger partial charge on any atom is 0.323 e. The van der Waals surface area contributed by atoms with E-state index in [0.717, 1.165) is 0 Å². The van der Waals surface area contributed by atoms with Gasteiger partial charge in [0.1, 0.15) is 11.9 Å². The molecule has 2 atom stereocenters. The molecule has 1 heterocycles. The van der Waals surface area contributed by atoms with Crippen molar-refractivity contribution in [2.45, 2.75) is 19.5 Å². The minimum atomic E-state index is -0.520. The van der Waals surface area contributed by atoms with Crippen molar-refractivity contribution in [3.63, 3.8) is 0 Å². The number of esters is 1. The van der Waals surface area contributed by atoms with Gasteiger partial charge in [0.25, 0.3) is 0 Å². The summed E-state index contributed by atoms with van der Waals surface area (Å²) in [6.07, 6.45) is 1.68. The van der Waals surface area contributed by atoms with Crippen molar-refractivity contribution in [2.24, 2.45) is 5.92 Å². The highest BCUT2D eigenvalue weighted by Crippen LogP contribution is 2.09. The third-order valence-electron chi connectivity index (χ3n) is 2.92. The third-order valence-corrected chi connectivity index (χ3v) is 2.92.